The molecule has 0 unspecified atom stereocenters. The quantitative estimate of drug-likeness (QED) is 0.663. The third kappa shape index (κ3) is 3.23. The van der Waals surface area contributed by atoms with Gasteiger partial charge in [-0.15, -0.1) is 0 Å². The molecule has 2 rings (SSSR count). The molecule has 0 saturated heterocycles. The lowest BCUT2D eigenvalue weighted by Gasteiger charge is -1.95. The van der Waals surface area contributed by atoms with Gasteiger partial charge in [-0.05, 0) is 30.2 Å². The Bertz CT molecular complexity index is 734. The van der Waals surface area contributed by atoms with Crippen LogP contribution < -0.4 is 11.2 Å². The van der Waals surface area contributed by atoms with Gasteiger partial charge in [-0.1, -0.05) is 5.92 Å². The maximum Gasteiger partial charge on any atom is 0.335 e. The van der Waals surface area contributed by atoms with Crippen LogP contribution in [0.2, 0.25) is 0 Å². The van der Waals surface area contributed by atoms with Crippen LogP contribution in [0.4, 0.5) is 5.82 Å². The van der Waals surface area contributed by atoms with Gasteiger partial charge in [0.2, 0.25) is 0 Å². The molecule has 0 aliphatic rings. The summed E-state index contributed by atoms with van der Waals surface area (Å²) >= 11 is 0. The van der Waals surface area contributed by atoms with Gasteiger partial charge in [0.15, 0.2) is 5.43 Å². The van der Waals surface area contributed by atoms with Crippen LogP contribution in [0.3, 0.4) is 0 Å². The molecule has 1 aromatic carbocycles. The van der Waals surface area contributed by atoms with Gasteiger partial charge in [0, 0.05) is 17.7 Å². The highest BCUT2D eigenvalue weighted by atomic mass is 16.4. The molecule has 0 saturated carbocycles. The lowest BCUT2D eigenvalue weighted by Crippen LogP contribution is -2.04. The molecule has 94 valence electrons. The highest BCUT2D eigenvalue weighted by molar-refractivity contribution is 5.87. The Balaban J connectivity index is 2.28. The minimum absolute atomic E-state index is 0.197. The zero-order chi connectivity index (χ0) is 13.8. The number of aromatic nitrogens is 1. The van der Waals surface area contributed by atoms with Crippen LogP contribution in [0.25, 0.3) is 0 Å². The molecular formula is C14H10N2O3. The number of hydrogen-bond donors (Lipinski definition) is 3. The minimum atomic E-state index is -0.986. The highest BCUT2D eigenvalue weighted by Gasteiger charge is 2.00. The van der Waals surface area contributed by atoms with Crippen LogP contribution in [0.5, 0.6) is 0 Å². The molecule has 0 radical (unpaired) electrons. The molecule has 0 fully saturated rings. The van der Waals surface area contributed by atoms with Gasteiger partial charge >= 0.3 is 5.97 Å². The number of H-pyrrole nitrogens is 1. The van der Waals surface area contributed by atoms with Crippen molar-refractivity contribution < 1.29 is 9.90 Å². The molecule has 1 aromatic heterocycles. The van der Waals surface area contributed by atoms with Gasteiger partial charge in [-0.3, -0.25) is 4.79 Å². The van der Waals surface area contributed by atoms with E-state index in [1.807, 2.05) is 0 Å². The third-order valence-electron chi connectivity index (χ3n) is 2.34. The number of carbonyl (C=O) groups is 1. The van der Waals surface area contributed by atoms with E-state index >= 15 is 0 Å². The maximum atomic E-state index is 11.2. The Morgan fingerprint density at radius 3 is 2.42 bits per heavy atom. The summed E-state index contributed by atoms with van der Waals surface area (Å²) in [5, 5.41) is 8.76. The van der Waals surface area contributed by atoms with Crippen LogP contribution in [0, 0.1) is 11.8 Å². The fraction of sp³-hybridized carbons (Fsp3) is 0. The third-order valence-corrected chi connectivity index (χ3v) is 2.34. The van der Waals surface area contributed by atoms with Crippen molar-refractivity contribution >= 4 is 11.8 Å². The van der Waals surface area contributed by atoms with Crippen LogP contribution in [0.1, 0.15) is 21.6 Å². The van der Waals surface area contributed by atoms with E-state index in [0.717, 1.165) is 0 Å². The smallest absolute Gasteiger partial charge is 0.335 e. The predicted molar refractivity (Wildman–Crippen MR) is 70.9 cm³/mol. The van der Waals surface area contributed by atoms with E-state index in [0.29, 0.717) is 11.3 Å². The maximum absolute atomic E-state index is 11.2. The molecule has 0 amide bonds. The summed E-state index contributed by atoms with van der Waals surface area (Å²) < 4.78 is 0. The standard InChI is InChI=1S/C14H10N2O3/c15-13-8-12(17)7-11(16-13)6-3-9-1-4-10(5-2-9)14(18)19/h1-2,4-5,7-8H,(H,18,19)(H3,15,16,17). The number of benzene rings is 1. The number of aromatic amines is 1. The monoisotopic (exact) mass is 254 g/mol. The number of pyridine rings is 1. The fourth-order valence-electron chi connectivity index (χ4n) is 1.47. The first-order valence-electron chi connectivity index (χ1n) is 5.40. The first-order valence-corrected chi connectivity index (χ1v) is 5.40. The SMILES string of the molecule is Nc1cc(=O)cc(C#Cc2ccc(C(=O)O)cc2)[nH]1. The second-order valence-electron chi connectivity index (χ2n) is 3.82. The van der Waals surface area contributed by atoms with Crippen molar-refractivity contribution in [3.8, 4) is 11.8 Å². The van der Waals surface area contributed by atoms with E-state index < -0.39 is 5.97 Å². The summed E-state index contributed by atoms with van der Waals surface area (Å²) in [5.74, 6) is 4.83. The molecule has 0 aliphatic heterocycles. The van der Waals surface area contributed by atoms with Crippen molar-refractivity contribution in [2.24, 2.45) is 0 Å². The van der Waals surface area contributed by atoms with Crippen LogP contribution >= 0.6 is 0 Å². The molecule has 0 atom stereocenters. The molecule has 1 heterocycles. The van der Waals surface area contributed by atoms with Crippen molar-refractivity contribution in [1.82, 2.24) is 4.98 Å². The number of nitrogens with one attached hydrogen (secondary N) is 1. The molecule has 19 heavy (non-hydrogen) atoms. The Hall–Kier alpha value is -3.00. The average molecular weight is 254 g/mol. The number of hydrogen-bond acceptors (Lipinski definition) is 3. The van der Waals surface area contributed by atoms with E-state index in [1.54, 1.807) is 12.1 Å². The highest BCUT2D eigenvalue weighted by Crippen LogP contribution is 2.03. The van der Waals surface area contributed by atoms with E-state index in [9.17, 15) is 9.59 Å². The molecule has 5 nitrogen and oxygen atoms in total. The first kappa shape index (κ1) is 12.5. The molecule has 2 aromatic rings. The zero-order valence-electron chi connectivity index (χ0n) is 9.81. The molecule has 5 heteroatoms. The second kappa shape index (κ2) is 5.10. The van der Waals surface area contributed by atoms with Gasteiger partial charge in [0.05, 0.1) is 11.3 Å². The summed E-state index contributed by atoms with van der Waals surface area (Å²) in [6, 6.07) is 8.74. The molecule has 4 N–H and O–H groups in total. The lowest BCUT2D eigenvalue weighted by atomic mass is 10.1. The lowest BCUT2D eigenvalue weighted by molar-refractivity contribution is 0.0697. The van der Waals surface area contributed by atoms with Crippen molar-refractivity contribution in [2.75, 3.05) is 5.73 Å². The summed E-state index contributed by atoms with van der Waals surface area (Å²) in [7, 11) is 0. The Kier molecular flexibility index (Phi) is 3.35. The van der Waals surface area contributed by atoms with E-state index in [-0.39, 0.29) is 16.8 Å². The van der Waals surface area contributed by atoms with Crippen molar-refractivity contribution in [3.05, 3.63) is 63.4 Å². The topological polar surface area (TPSA) is 96.2 Å². The van der Waals surface area contributed by atoms with Crippen molar-refractivity contribution in [2.45, 2.75) is 0 Å². The second-order valence-corrected chi connectivity index (χ2v) is 3.82. The summed E-state index contributed by atoms with van der Waals surface area (Å²) in [5.41, 5.74) is 6.53. The van der Waals surface area contributed by atoms with Gasteiger partial charge in [-0.25, -0.2) is 4.79 Å². The van der Waals surface area contributed by atoms with Crippen LogP contribution in [0.15, 0.2) is 41.2 Å². The van der Waals surface area contributed by atoms with Gasteiger partial charge in [0.25, 0.3) is 0 Å². The Morgan fingerprint density at radius 2 is 1.84 bits per heavy atom. The van der Waals surface area contributed by atoms with Crippen molar-refractivity contribution in [1.29, 1.82) is 0 Å². The van der Waals surface area contributed by atoms with E-state index in [2.05, 4.69) is 16.8 Å². The summed E-state index contributed by atoms with van der Waals surface area (Å²) in [6.45, 7) is 0. The molecule has 0 bridgehead atoms. The zero-order valence-corrected chi connectivity index (χ0v) is 9.81. The Morgan fingerprint density at radius 1 is 1.16 bits per heavy atom. The molecule has 0 spiro atoms. The number of carboxylic acids is 1. The van der Waals surface area contributed by atoms with Crippen LogP contribution in [-0.4, -0.2) is 16.1 Å². The number of carboxylic acid groups (broad SMARTS) is 1. The van der Waals surface area contributed by atoms with Crippen LogP contribution in [-0.2, 0) is 0 Å². The predicted octanol–water partition coefficient (Wildman–Crippen LogP) is 1.06. The fourth-order valence-corrected chi connectivity index (χ4v) is 1.47. The first-order chi connectivity index (χ1) is 9.04. The largest absolute Gasteiger partial charge is 0.478 e. The molecular weight excluding hydrogens is 244 g/mol. The minimum Gasteiger partial charge on any atom is -0.478 e. The summed E-state index contributed by atoms with van der Waals surface area (Å²) in [4.78, 5) is 24.6. The number of anilines is 1. The van der Waals surface area contributed by atoms with E-state index in [1.165, 1.54) is 24.3 Å². The number of nitrogens with two attached hydrogens (primary N) is 1. The Labute approximate surface area is 108 Å². The normalized spacial score (nSPS) is 9.47. The van der Waals surface area contributed by atoms with E-state index in [4.69, 9.17) is 10.8 Å². The van der Waals surface area contributed by atoms with Gasteiger partial charge in [0.1, 0.15) is 5.82 Å². The number of aromatic carboxylic acids is 1. The number of nitrogen functional groups attached to an aromatic ring is 1. The summed E-state index contributed by atoms with van der Waals surface area (Å²) in [6.07, 6.45) is 0. The molecule has 0 aliphatic carbocycles. The van der Waals surface area contributed by atoms with Gasteiger partial charge < -0.3 is 15.8 Å². The average Bonchev–Trinajstić information content (AvgIpc) is 2.36. The number of rotatable bonds is 1. The van der Waals surface area contributed by atoms with Crippen molar-refractivity contribution in [3.63, 3.8) is 0 Å². The van der Waals surface area contributed by atoms with Gasteiger partial charge in [-0.2, -0.15) is 0 Å².